The molecule has 0 bridgehead atoms. The van der Waals surface area contributed by atoms with Crippen LogP contribution in [0.3, 0.4) is 0 Å². The van der Waals surface area contributed by atoms with Crippen LogP contribution in [0.2, 0.25) is 0 Å². The van der Waals surface area contributed by atoms with Crippen LogP contribution in [0.4, 0.5) is 0 Å². The van der Waals surface area contributed by atoms with E-state index in [1.54, 1.807) is 7.11 Å². The molecule has 3 nitrogen and oxygen atoms in total. The molecule has 0 aliphatic rings. The molecule has 0 fully saturated rings. The van der Waals surface area contributed by atoms with E-state index in [-0.39, 0.29) is 0 Å². The van der Waals surface area contributed by atoms with Crippen molar-refractivity contribution in [3.63, 3.8) is 0 Å². The summed E-state index contributed by atoms with van der Waals surface area (Å²) in [5.74, 6) is 1.48. The van der Waals surface area contributed by atoms with Crippen molar-refractivity contribution in [1.29, 1.82) is 0 Å². The van der Waals surface area contributed by atoms with Gasteiger partial charge in [-0.3, -0.25) is 0 Å². The van der Waals surface area contributed by atoms with Crippen molar-refractivity contribution in [1.82, 2.24) is 4.98 Å². The van der Waals surface area contributed by atoms with Crippen molar-refractivity contribution in [2.75, 3.05) is 7.11 Å². The van der Waals surface area contributed by atoms with E-state index >= 15 is 0 Å². The van der Waals surface area contributed by atoms with Gasteiger partial charge in [-0.25, -0.2) is 4.98 Å². The summed E-state index contributed by atoms with van der Waals surface area (Å²) in [6.07, 6.45) is 3.35. The van der Waals surface area contributed by atoms with Gasteiger partial charge in [0.1, 0.15) is 11.3 Å². The lowest BCUT2D eigenvalue weighted by Crippen LogP contribution is -1.91. The Hall–Kier alpha value is -3.07. The minimum absolute atomic E-state index is 0.648. The number of benzene rings is 3. The van der Waals surface area contributed by atoms with Crippen molar-refractivity contribution in [3.8, 4) is 28.3 Å². The van der Waals surface area contributed by atoms with Gasteiger partial charge in [-0.15, -0.1) is 0 Å². The number of aromatic nitrogens is 1. The number of nitrogens with zero attached hydrogens (tertiary/aromatic N) is 1. The summed E-state index contributed by atoms with van der Waals surface area (Å²) in [5.41, 5.74) is 6.01. The number of ether oxygens (including phenoxy) is 1. The van der Waals surface area contributed by atoms with Crippen molar-refractivity contribution < 1.29 is 9.15 Å². The highest BCUT2D eigenvalue weighted by Crippen LogP contribution is 2.38. The molecule has 0 spiro atoms. The molecule has 0 atom stereocenters. The van der Waals surface area contributed by atoms with Crippen molar-refractivity contribution in [2.24, 2.45) is 0 Å². The van der Waals surface area contributed by atoms with Crippen LogP contribution in [0.1, 0.15) is 25.3 Å². The SMILES string of the molecule is CCCCc1cc(-c2ccccc2OC)c2oc(-c3ccccc3)nc2c1. The van der Waals surface area contributed by atoms with Gasteiger partial charge in [0.15, 0.2) is 5.58 Å². The predicted molar refractivity (Wildman–Crippen MR) is 110 cm³/mol. The number of para-hydroxylation sites is 1. The molecule has 1 aromatic heterocycles. The second kappa shape index (κ2) is 7.67. The third-order valence-corrected chi connectivity index (χ3v) is 4.79. The molecule has 0 N–H and O–H groups in total. The van der Waals surface area contributed by atoms with Gasteiger partial charge >= 0.3 is 0 Å². The number of hydrogen-bond acceptors (Lipinski definition) is 3. The Labute approximate surface area is 159 Å². The summed E-state index contributed by atoms with van der Waals surface area (Å²) < 4.78 is 11.8. The second-order valence-corrected chi connectivity index (χ2v) is 6.68. The third kappa shape index (κ3) is 3.45. The minimum atomic E-state index is 0.648. The first kappa shape index (κ1) is 17.3. The molecular formula is C24H23NO2. The monoisotopic (exact) mass is 357 g/mol. The van der Waals surface area contributed by atoms with E-state index in [4.69, 9.17) is 14.1 Å². The highest BCUT2D eigenvalue weighted by molar-refractivity contribution is 5.94. The lowest BCUT2D eigenvalue weighted by atomic mass is 9.98. The zero-order chi connectivity index (χ0) is 18.6. The third-order valence-electron chi connectivity index (χ3n) is 4.79. The molecule has 0 unspecified atom stereocenters. The fourth-order valence-corrected chi connectivity index (χ4v) is 3.39. The Kier molecular flexibility index (Phi) is 4.93. The number of fused-ring (bicyclic) bond motifs is 1. The van der Waals surface area contributed by atoms with E-state index < -0.39 is 0 Å². The molecule has 0 saturated heterocycles. The van der Waals surface area contributed by atoms with E-state index in [1.165, 1.54) is 5.56 Å². The van der Waals surface area contributed by atoms with Crippen LogP contribution >= 0.6 is 0 Å². The number of aryl methyl sites for hydroxylation is 1. The molecule has 1 heterocycles. The van der Waals surface area contributed by atoms with Crippen LogP contribution < -0.4 is 4.74 Å². The van der Waals surface area contributed by atoms with Crippen molar-refractivity contribution in [3.05, 3.63) is 72.3 Å². The van der Waals surface area contributed by atoms with Crippen LogP contribution in [-0.4, -0.2) is 12.1 Å². The van der Waals surface area contributed by atoms with Crippen LogP contribution in [0.15, 0.2) is 71.1 Å². The predicted octanol–water partition coefficient (Wildman–Crippen LogP) is 6.51. The molecule has 0 amide bonds. The summed E-state index contributed by atoms with van der Waals surface area (Å²) in [5, 5.41) is 0. The molecule has 3 aromatic carbocycles. The van der Waals surface area contributed by atoms with E-state index in [0.717, 1.165) is 52.8 Å². The van der Waals surface area contributed by atoms with E-state index in [2.05, 4.69) is 25.1 Å². The average Bonchev–Trinajstić information content (AvgIpc) is 3.16. The lowest BCUT2D eigenvalue weighted by molar-refractivity contribution is 0.416. The zero-order valence-corrected chi connectivity index (χ0v) is 15.7. The Balaban J connectivity index is 1.93. The molecule has 4 aromatic rings. The topological polar surface area (TPSA) is 35.3 Å². The van der Waals surface area contributed by atoms with E-state index in [0.29, 0.717) is 5.89 Å². The molecule has 136 valence electrons. The quantitative estimate of drug-likeness (QED) is 0.394. The van der Waals surface area contributed by atoms with Gasteiger partial charge in [0, 0.05) is 16.7 Å². The average molecular weight is 357 g/mol. The number of methoxy groups -OCH3 is 1. The highest BCUT2D eigenvalue weighted by atomic mass is 16.5. The first-order valence-electron chi connectivity index (χ1n) is 9.42. The lowest BCUT2D eigenvalue weighted by Gasteiger charge is -2.10. The molecular weight excluding hydrogens is 334 g/mol. The van der Waals surface area contributed by atoms with Gasteiger partial charge < -0.3 is 9.15 Å². The van der Waals surface area contributed by atoms with Gasteiger partial charge in [0.25, 0.3) is 0 Å². The summed E-state index contributed by atoms with van der Waals surface area (Å²) in [7, 11) is 1.70. The number of rotatable bonds is 6. The standard InChI is InChI=1S/C24H23NO2/c1-3-4-10-17-15-20(19-13-8-9-14-22(19)26-2)23-21(16-17)25-24(27-23)18-11-6-5-7-12-18/h5-9,11-16H,3-4,10H2,1-2H3. The summed E-state index contributed by atoms with van der Waals surface area (Å²) in [4.78, 5) is 4.79. The first-order valence-corrected chi connectivity index (χ1v) is 9.42. The van der Waals surface area contributed by atoms with Gasteiger partial charge in [-0.2, -0.15) is 0 Å². The van der Waals surface area contributed by atoms with Crippen LogP contribution in [0, 0.1) is 0 Å². The van der Waals surface area contributed by atoms with Crippen LogP contribution in [-0.2, 0) is 6.42 Å². The molecule has 0 radical (unpaired) electrons. The largest absolute Gasteiger partial charge is 0.496 e. The maximum atomic E-state index is 6.23. The molecule has 3 heteroatoms. The summed E-state index contributed by atoms with van der Waals surface area (Å²) in [6.45, 7) is 2.21. The van der Waals surface area contributed by atoms with Crippen LogP contribution in [0.25, 0.3) is 33.7 Å². The fraction of sp³-hybridized carbons (Fsp3) is 0.208. The number of oxazole rings is 1. The molecule has 0 aliphatic carbocycles. The minimum Gasteiger partial charge on any atom is -0.496 e. The highest BCUT2D eigenvalue weighted by Gasteiger charge is 2.17. The number of unbranched alkanes of at least 4 members (excludes halogenated alkanes) is 1. The van der Waals surface area contributed by atoms with E-state index in [1.807, 2.05) is 48.5 Å². The van der Waals surface area contributed by atoms with Crippen molar-refractivity contribution >= 4 is 11.1 Å². The Bertz CT molecular complexity index is 1050. The normalized spacial score (nSPS) is 11.0. The molecule has 0 aliphatic heterocycles. The molecule has 27 heavy (non-hydrogen) atoms. The maximum absolute atomic E-state index is 6.23. The summed E-state index contributed by atoms with van der Waals surface area (Å²) in [6, 6.07) is 22.5. The fourth-order valence-electron chi connectivity index (χ4n) is 3.39. The van der Waals surface area contributed by atoms with Gasteiger partial charge in [-0.05, 0) is 48.7 Å². The molecule has 0 saturated carbocycles. The van der Waals surface area contributed by atoms with Crippen LogP contribution in [0.5, 0.6) is 5.75 Å². The zero-order valence-electron chi connectivity index (χ0n) is 15.7. The summed E-state index contributed by atoms with van der Waals surface area (Å²) >= 11 is 0. The van der Waals surface area contributed by atoms with Gasteiger partial charge in [-0.1, -0.05) is 49.7 Å². The Morgan fingerprint density at radius 3 is 2.48 bits per heavy atom. The Morgan fingerprint density at radius 2 is 1.70 bits per heavy atom. The van der Waals surface area contributed by atoms with Gasteiger partial charge in [0.2, 0.25) is 5.89 Å². The van der Waals surface area contributed by atoms with Crippen molar-refractivity contribution in [2.45, 2.75) is 26.2 Å². The maximum Gasteiger partial charge on any atom is 0.227 e. The van der Waals surface area contributed by atoms with Gasteiger partial charge in [0.05, 0.1) is 7.11 Å². The van der Waals surface area contributed by atoms with E-state index in [9.17, 15) is 0 Å². The Morgan fingerprint density at radius 1 is 0.926 bits per heavy atom. The number of hydrogen-bond donors (Lipinski definition) is 0. The first-order chi connectivity index (χ1) is 13.3. The molecule has 4 rings (SSSR count). The smallest absolute Gasteiger partial charge is 0.227 e. The second-order valence-electron chi connectivity index (χ2n) is 6.68.